The molecule has 0 radical (unpaired) electrons. The molecule has 1 heterocycles. The van der Waals surface area contributed by atoms with E-state index in [0.29, 0.717) is 0 Å². The first-order valence-corrected chi connectivity index (χ1v) is 6.51. The Morgan fingerprint density at radius 1 is 1.43 bits per heavy atom. The Morgan fingerprint density at radius 2 is 2.10 bits per heavy atom. The molecule has 0 fully saturated rings. The molecule has 1 N–H and O–H groups in total. The second-order valence-corrected chi connectivity index (χ2v) is 4.86. The van der Waals surface area contributed by atoms with Crippen molar-refractivity contribution in [1.82, 2.24) is 9.78 Å². The van der Waals surface area contributed by atoms with Crippen LogP contribution in [0, 0.1) is 24.0 Å². The minimum atomic E-state index is -0.802. The van der Waals surface area contributed by atoms with Crippen LogP contribution in [-0.2, 0) is 6.54 Å². The van der Waals surface area contributed by atoms with Crippen molar-refractivity contribution in [2.24, 2.45) is 0 Å². The number of hydrogen-bond acceptors (Lipinski definition) is 5. The van der Waals surface area contributed by atoms with Gasteiger partial charge in [0.2, 0.25) is 0 Å². The largest absolute Gasteiger partial charge is 0.490 e. The van der Waals surface area contributed by atoms with Gasteiger partial charge in [0, 0.05) is 0 Å². The van der Waals surface area contributed by atoms with Crippen LogP contribution in [0.3, 0.4) is 0 Å². The molecule has 2 rings (SSSR count). The lowest BCUT2D eigenvalue weighted by atomic mass is 10.1. The molecule has 2 aromatic rings. The van der Waals surface area contributed by atoms with Crippen LogP contribution in [0.2, 0.25) is 0 Å². The van der Waals surface area contributed by atoms with E-state index in [1.807, 2.05) is 32.0 Å². The van der Waals surface area contributed by atoms with Gasteiger partial charge in [0.25, 0.3) is 0 Å². The van der Waals surface area contributed by atoms with Gasteiger partial charge in [-0.15, -0.1) is 0 Å². The summed E-state index contributed by atoms with van der Waals surface area (Å²) < 4.78 is 6.96. The summed E-state index contributed by atoms with van der Waals surface area (Å²) in [5.74, 6) is 0.753. The molecule has 1 aromatic heterocycles. The van der Waals surface area contributed by atoms with Gasteiger partial charge in [-0.1, -0.05) is 18.2 Å². The minimum Gasteiger partial charge on any atom is -0.490 e. The van der Waals surface area contributed by atoms with Crippen LogP contribution >= 0.6 is 0 Å². The van der Waals surface area contributed by atoms with Crippen molar-refractivity contribution in [2.75, 3.05) is 6.61 Å². The summed E-state index contributed by atoms with van der Waals surface area (Å²) in [5.41, 5.74) is 1.90. The summed E-state index contributed by atoms with van der Waals surface area (Å²) in [6.07, 6.45) is 1.63. The molecule has 1 atom stereocenters. The number of aliphatic hydroxyl groups excluding tert-OH is 1. The van der Waals surface area contributed by atoms with Gasteiger partial charge in [0.15, 0.2) is 0 Å². The second-order valence-electron chi connectivity index (χ2n) is 4.86. The van der Waals surface area contributed by atoms with Crippen LogP contribution in [0.15, 0.2) is 30.6 Å². The van der Waals surface area contributed by atoms with Crippen LogP contribution in [0.1, 0.15) is 11.1 Å². The SMILES string of the molecule is Cc1cccc(C)c1OCC(O)Cn1cc([N+](=O)[O-])cn1. The molecule has 0 aliphatic carbocycles. The average molecular weight is 291 g/mol. The molecule has 7 nitrogen and oxygen atoms in total. The number of nitrogens with zero attached hydrogens (tertiary/aromatic N) is 3. The molecule has 0 bridgehead atoms. The quantitative estimate of drug-likeness (QED) is 0.648. The smallest absolute Gasteiger partial charge is 0.306 e. The van der Waals surface area contributed by atoms with E-state index in [1.165, 1.54) is 10.9 Å². The topological polar surface area (TPSA) is 90.4 Å². The van der Waals surface area contributed by atoms with Gasteiger partial charge >= 0.3 is 5.69 Å². The average Bonchev–Trinajstić information content (AvgIpc) is 2.87. The molecular weight excluding hydrogens is 274 g/mol. The van der Waals surface area contributed by atoms with Crippen molar-refractivity contribution in [3.8, 4) is 5.75 Å². The van der Waals surface area contributed by atoms with Crippen LogP contribution in [0.4, 0.5) is 5.69 Å². The zero-order chi connectivity index (χ0) is 15.4. The van der Waals surface area contributed by atoms with Crippen molar-refractivity contribution in [3.05, 3.63) is 51.8 Å². The number of aryl methyl sites for hydroxylation is 2. The number of nitro groups is 1. The number of rotatable bonds is 6. The molecule has 0 aliphatic rings. The molecule has 1 aromatic carbocycles. The number of benzene rings is 1. The molecule has 7 heteroatoms. The monoisotopic (exact) mass is 291 g/mol. The Kier molecular flexibility index (Phi) is 4.54. The fourth-order valence-electron chi connectivity index (χ4n) is 2.02. The fraction of sp³-hybridized carbons (Fsp3) is 0.357. The molecule has 0 aliphatic heterocycles. The molecule has 21 heavy (non-hydrogen) atoms. The highest BCUT2D eigenvalue weighted by molar-refractivity contribution is 5.39. The summed E-state index contributed by atoms with van der Waals surface area (Å²) in [4.78, 5) is 10.0. The number of aromatic nitrogens is 2. The highest BCUT2D eigenvalue weighted by Crippen LogP contribution is 2.22. The lowest BCUT2D eigenvalue weighted by Crippen LogP contribution is -2.24. The second kappa shape index (κ2) is 6.36. The molecular formula is C14H17N3O4. The third-order valence-electron chi connectivity index (χ3n) is 3.06. The van der Waals surface area contributed by atoms with Crippen LogP contribution in [0.25, 0.3) is 0 Å². The van der Waals surface area contributed by atoms with E-state index in [4.69, 9.17) is 4.74 Å². The zero-order valence-electron chi connectivity index (χ0n) is 11.9. The van der Waals surface area contributed by atoms with Crippen LogP contribution in [0.5, 0.6) is 5.75 Å². The molecule has 0 spiro atoms. The van der Waals surface area contributed by atoms with E-state index >= 15 is 0 Å². The first-order valence-electron chi connectivity index (χ1n) is 6.51. The maximum Gasteiger partial charge on any atom is 0.306 e. The molecule has 112 valence electrons. The molecule has 0 saturated carbocycles. The lowest BCUT2D eigenvalue weighted by molar-refractivity contribution is -0.385. The predicted octanol–water partition coefficient (Wildman–Crippen LogP) is 1.85. The maximum absolute atomic E-state index is 10.6. The Hall–Kier alpha value is -2.41. The van der Waals surface area contributed by atoms with E-state index in [1.54, 1.807) is 0 Å². The Morgan fingerprint density at radius 3 is 2.67 bits per heavy atom. The summed E-state index contributed by atoms with van der Waals surface area (Å²) in [6, 6.07) is 5.81. The van der Waals surface area contributed by atoms with Crippen LogP contribution in [-0.4, -0.2) is 32.5 Å². The Labute approximate surface area is 121 Å². The van der Waals surface area contributed by atoms with Crippen molar-refractivity contribution in [3.63, 3.8) is 0 Å². The molecule has 1 unspecified atom stereocenters. The Bertz CT molecular complexity index is 619. The zero-order valence-corrected chi connectivity index (χ0v) is 11.9. The highest BCUT2D eigenvalue weighted by Gasteiger charge is 2.13. The van der Waals surface area contributed by atoms with Gasteiger partial charge in [0.1, 0.15) is 30.9 Å². The summed E-state index contributed by atoms with van der Waals surface area (Å²) in [7, 11) is 0. The third kappa shape index (κ3) is 3.79. The maximum atomic E-state index is 10.6. The first-order chi connectivity index (χ1) is 9.97. The van der Waals surface area contributed by atoms with E-state index in [-0.39, 0.29) is 18.8 Å². The minimum absolute atomic E-state index is 0.0966. The summed E-state index contributed by atoms with van der Waals surface area (Å²) in [6.45, 7) is 4.11. The van der Waals surface area contributed by atoms with E-state index in [0.717, 1.165) is 23.1 Å². The van der Waals surface area contributed by atoms with E-state index in [2.05, 4.69) is 5.10 Å². The van der Waals surface area contributed by atoms with Crippen molar-refractivity contribution < 1.29 is 14.8 Å². The van der Waals surface area contributed by atoms with E-state index < -0.39 is 11.0 Å². The van der Waals surface area contributed by atoms with Gasteiger partial charge in [-0.3, -0.25) is 14.8 Å². The number of para-hydroxylation sites is 1. The first kappa shape index (κ1) is 15.0. The third-order valence-corrected chi connectivity index (χ3v) is 3.06. The van der Waals surface area contributed by atoms with Gasteiger partial charge < -0.3 is 9.84 Å². The van der Waals surface area contributed by atoms with Crippen molar-refractivity contribution in [1.29, 1.82) is 0 Å². The van der Waals surface area contributed by atoms with Gasteiger partial charge in [-0.25, -0.2) is 0 Å². The predicted molar refractivity (Wildman–Crippen MR) is 76.3 cm³/mol. The lowest BCUT2D eigenvalue weighted by Gasteiger charge is -2.15. The molecule has 0 saturated heterocycles. The van der Waals surface area contributed by atoms with Gasteiger partial charge in [-0.05, 0) is 25.0 Å². The van der Waals surface area contributed by atoms with Crippen LogP contribution < -0.4 is 4.74 Å². The standard InChI is InChI=1S/C14H17N3O4/c1-10-4-3-5-11(2)14(10)21-9-13(18)8-16-7-12(6-15-16)17(19)20/h3-7,13,18H,8-9H2,1-2H3. The van der Waals surface area contributed by atoms with Crippen molar-refractivity contribution in [2.45, 2.75) is 26.5 Å². The van der Waals surface area contributed by atoms with Gasteiger partial charge in [-0.2, -0.15) is 5.10 Å². The number of hydrogen-bond donors (Lipinski definition) is 1. The fourth-order valence-corrected chi connectivity index (χ4v) is 2.02. The highest BCUT2D eigenvalue weighted by atomic mass is 16.6. The van der Waals surface area contributed by atoms with Crippen molar-refractivity contribution >= 4 is 5.69 Å². The summed E-state index contributed by atoms with van der Waals surface area (Å²) >= 11 is 0. The van der Waals surface area contributed by atoms with Gasteiger partial charge in [0.05, 0.1) is 11.5 Å². The normalized spacial score (nSPS) is 12.1. The Balaban J connectivity index is 1.92. The number of ether oxygens (including phenoxy) is 1. The number of aliphatic hydroxyl groups is 1. The molecule has 0 amide bonds. The summed E-state index contributed by atoms with van der Waals surface area (Å²) in [5, 5.41) is 24.3. The van der Waals surface area contributed by atoms with E-state index in [9.17, 15) is 15.2 Å².